The molecule has 5 rings (SSSR count). The lowest BCUT2D eigenvalue weighted by atomic mass is 9.90. The van der Waals surface area contributed by atoms with E-state index in [0.29, 0.717) is 45.0 Å². The van der Waals surface area contributed by atoms with Crippen LogP contribution < -0.4 is 0 Å². The molecule has 1 saturated heterocycles. The number of methoxy groups -OCH3 is 1. The minimum Gasteiger partial charge on any atom is -0.465 e. The second-order valence-electron chi connectivity index (χ2n) is 9.40. The van der Waals surface area contributed by atoms with Crippen LogP contribution in [0.15, 0.2) is 47.0 Å². The number of ether oxygens (including phenoxy) is 1. The zero-order valence-electron chi connectivity index (χ0n) is 20.5. The van der Waals surface area contributed by atoms with Crippen LogP contribution in [0.1, 0.15) is 53.2 Å². The first kappa shape index (κ1) is 24.7. The van der Waals surface area contributed by atoms with Gasteiger partial charge >= 0.3 is 5.97 Å². The third-order valence-electron chi connectivity index (χ3n) is 6.93. The molecule has 0 amide bonds. The first-order valence-corrected chi connectivity index (χ1v) is 13.2. The van der Waals surface area contributed by atoms with Crippen molar-refractivity contribution in [1.82, 2.24) is 14.6 Å². The van der Waals surface area contributed by atoms with E-state index >= 15 is 0 Å². The van der Waals surface area contributed by atoms with Gasteiger partial charge in [-0.15, -0.1) is 11.3 Å². The number of hydrogen-bond acceptors (Lipinski definition) is 7. The molecule has 1 aromatic carbocycles. The van der Waals surface area contributed by atoms with Gasteiger partial charge in [0, 0.05) is 28.9 Å². The fraction of sp³-hybridized carbons (Fsp3) is 0.370. The second-order valence-corrected chi connectivity index (χ2v) is 11.1. The molecule has 9 heteroatoms. The lowest BCUT2D eigenvalue weighted by molar-refractivity contribution is 0.0602. The highest BCUT2D eigenvalue weighted by molar-refractivity contribution is 7.19. The zero-order chi connectivity index (χ0) is 25.4. The highest BCUT2D eigenvalue weighted by Crippen LogP contribution is 2.33. The molecule has 0 bridgehead atoms. The second kappa shape index (κ2) is 10.2. The summed E-state index contributed by atoms with van der Waals surface area (Å²) in [7, 11) is 1.36. The summed E-state index contributed by atoms with van der Waals surface area (Å²) in [5.41, 5.74) is 2.48. The number of rotatable bonds is 7. The van der Waals surface area contributed by atoms with Crippen molar-refractivity contribution in [2.75, 3.05) is 20.2 Å². The summed E-state index contributed by atoms with van der Waals surface area (Å²) in [6.45, 7) is 6.51. The van der Waals surface area contributed by atoms with Gasteiger partial charge in [0.15, 0.2) is 11.5 Å². The van der Waals surface area contributed by atoms with Gasteiger partial charge < -0.3 is 18.7 Å². The number of aromatic nitrogens is 2. The summed E-state index contributed by atoms with van der Waals surface area (Å²) in [6.07, 6.45) is 1.63. The Labute approximate surface area is 218 Å². The molecule has 0 atom stereocenters. The number of hydrogen-bond donors (Lipinski definition) is 0. The maximum atomic E-state index is 13.8. The lowest BCUT2D eigenvalue weighted by Gasteiger charge is -2.34. The Morgan fingerprint density at radius 2 is 1.97 bits per heavy atom. The van der Waals surface area contributed by atoms with E-state index in [9.17, 15) is 9.59 Å². The molecule has 0 aliphatic carbocycles. The van der Waals surface area contributed by atoms with Crippen LogP contribution in [-0.2, 0) is 11.3 Å². The minimum atomic E-state index is -0.430. The first-order chi connectivity index (χ1) is 17.4. The van der Waals surface area contributed by atoms with Crippen molar-refractivity contribution in [2.24, 2.45) is 5.92 Å². The molecule has 0 spiro atoms. The van der Waals surface area contributed by atoms with E-state index in [2.05, 4.69) is 23.9 Å². The fourth-order valence-corrected chi connectivity index (χ4v) is 5.94. The van der Waals surface area contributed by atoms with Crippen LogP contribution in [0.2, 0.25) is 4.34 Å². The predicted octanol–water partition coefficient (Wildman–Crippen LogP) is 6.15. The minimum absolute atomic E-state index is 0.0641. The van der Waals surface area contributed by atoms with Gasteiger partial charge in [0.05, 0.1) is 34.1 Å². The van der Waals surface area contributed by atoms with E-state index in [0.717, 1.165) is 36.3 Å². The van der Waals surface area contributed by atoms with Gasteiger partial charge in [-0.25, -0.2) is 4.79 Å². The molecular weight excluding hydrogens is 498 g/mol. The molecule has 36 heavy (non-hydrogen) atoms. The highest BCUT2D eigenvalue weighted by Gasteiger charge is 2.30. The number of halogens is 1. The summed E-state index contributed by atoms with van der Waals surface area (Å²) in [6, 6.07) is 13.3. The van der Waals surface area contributed by atoms with Gasteiger partial charge in [-0.05, 0) is 70.1 Å². The molecule has 0 N–H and O–H groups in total. The number of ketones is 1. The third kappa shape index (κ3) is 4.73. The maximum Gasteiger partial charge on any atom is 0.338 e. The van der Waals surface area contributed by atoms with Gasteiger partial charge in [0.1, 0.15) is 5.69 Å². The predicted molar refractivity (Wildman–Crippen MR) is 141 cm³/mol. The number of nitrogens with zero attached hydrogens (tertiary/aromatic N) is 3. The van der Waals surface area contributed by atoms with Crippen molar-refractivity contribution in [2.45, 2.75) is 39.3 Å². The van der Waals surface area contributed by atoms with Crippen LogP contribution in [0.4, 0.5) is 0 Å². The summed E-state index contributed by atoms with van der Waals surface area (Å²) >= 11 is 7.50. The van der Waals surface area contributed by atoms with Crippen molar-refractivity contribution >= 4 is 45.6 Å². The number of carbonyl (C=O) groups is 2. The molecule has 4 heterocycles. The molecular formula is C27H28ClN3O4S. The van der Waals surface area contributed by atoms with E-state index in [4.69, 9.17) is 20.9 Å². The summed E-state index contributed by atoms with van der Waals surface area (Å²) in [4.78, 5) is 29.6. The van der Waals surface area contributed by atoms with Crippen LogP contribution in [-0.4, -0.2) is 52.6 Å². The zero-order valence-corrected chi connectivity index (χ0v) is 22.1. The average Bonchev–Trinajstić information content (AvgIpc) is 3.62. The topological polar surface area (TPSA) is 77.6 Å². The van der Waals surface area contributed by atoms with E-state index in [1.54, 1.807) is 6.07 Å². The fourth-order valence-electron chi connectivity index (χ4n) is 4.95. The average molecular weight is 526 g/mol. The van der Waals surface area contributed by atoms with Crippen LogP contribution in [0.3, 0.4) is 0 Å². The molecule has 1 aliphatic rings. The summed E-state index contributed by atoms with van der Waals surface area (Å²) < 4.78 is 13.2. The van der Waals surface area contributed by atoms with E-state index < -0.39 is 5.97 Å². The molecule has 0 saturated carbocycles. The van der Waals surface area contributed by atoms with Gasteiger partial charge in [0.2, 0.25) is 0 Å². The van der Waals surface area contributed by atoms with Crippen LogP contribution in [0.5, 0.6) is 0 Å². The standard InChI is InChI=1S/C27H28ClN3O4S/c1-16(2)30-11-9-17(10-12-30)26(32)22-14-20-19(27(33)34-3)5-4-6-21(20)31(22)15-18-13-23(35-29-18)24-7-8-25(28)36-24/h4-8,13-14,16-17H,9-12,15H2,1-3H3. The molecule has 1 aliphatic heterocycles. The van der Waals surface area contributed by atoms with Crippen LogP contribution in [0.25, 0.3) is 21.5 Å². The van der Waals surface area contributed by atoms with Crippen molar-refractivity contribution < 1.29 is 18.8 Å². The van der Waals surface area contributed by atoms with Crippen molar-refractivity contribution in [3.63, 3.8) is 0 Å². The number of thiophene rings is 1. The van der Waals surface area contributed by atoms with Gasteiger partial charge in [-0.2, -0.15) is 0 Å². The van der Waals surface area contributed by atoms with Gasteiger partial charge in [0.25, 0.3) is 0 Å². The lowest BCUT2D eigenvalue weighted by Crippen LogP contribution is -2.40. The molecule has 0 unspecified atom stereocenters. The van der Waals surface area contributed by atoms with Crippen LogP contribution in [0, 0.1) is 5.92 Å². The van der Waals surface area contributed by atoms with E-state index in [-0.39, 0.29) is 11.7 Å². The van der Waals surface area contributed by atoms with Crippen LogP contribution >= 0.6 is 22.9 Å². The number of likely N-dealkylation sites (tertiary alicyclic amines) is 1. The quantitative estimate of drug-likeness (QED) is 0.213. The monoisotopic (exact) mass is 525 g/mol. The largest absolute Gasteiger partial charge is 0.465 e. The Balaban J connectivity index is 1.52. The highest BCUT2D eigenvalue weighted by atomic mass is 35.5. The number of fused-ring (bicyclic) bond motifs is 1. The number of benzene rings is 1. The maximum absolute atomic E-state index is 13.8. The van der Waals surface area contributed by atoms with Crippen molar-refractivity contribution in [3.05, 3.63) is 63.8 Å². The Hall–Kier alpha value is -2.94. The molecule has 4 aromatic rings. The molecule has 3 aromatic heterocycles. The summed E-state index contributed by atoms with van der Waals surface area (Å²) in [5.74, 6) is 0.229. The van der Waals surface area contributed by atoms with Gasteiger partial charge in [-0.1, -0.05) is 22.8 Å². The number of carbonyl (C=O) groups excluding carboxylic acids is 2. The summed E-state index contributed by atoms with van der Waals surface area (Å²) in [5, 5.41) is 4.95. The van der Waals surface area contributed by atoms with E-state index in [1.807, 2.05) is 41.0 Å². The SMILES string of the molecule is COC(=O)c1cccc2c1cc(C(=O)C1CCN(C(C)C)CC1)n2Cc1cc(-c2ccc(Cl)s2)on1. The third-order valence-corrected chi connectivity index (χ3v) is 8.17. The van der Waals surface area contributed by atoms with E-state index in [1.165, 1.54) is 18.4 Å². The van der Waals surface area contributed by atoms with Crippen molar-refractivity contribution in [3.8, 4) is 10.6 Å². The Bertz CT molecular complexity index is 1410. The smallest absolute Gasteiger partial charge is 0.338 e. The molecule has 0 radical (unpaired) electrons. The number of Topliss-reactive ketones (excluding diaryl/α,β-unsaturated/α-hetero) is 1. The Morgan fingerprint density at radius 3 is 2.64 bits per heavy atom. The Morgan fingerprint density at radius 1 is 1.19 bits per heavy atom. The molecule has 1 fully saturated rings. The number of esters is 1. The normalized spacial score (nSPS) is 15.1. The molecule has 7 nitrogen and oxygen atoms in total. The van der Waals surface area contributed by atoms with Gasteiger partial charge in [-0.3, -0.25) is 4.79 Å². The molecule has 188 valence electrons. The number of piperidine rings is 1. The Kier molecular flexibility index (Phi) is 7.01. The first-order valence-electron chi connectivity index (χ1n) is 12.1. The van der Waals surface area contributed by atoms with Crippen molar-refractivity contribution in [1.29, 1.82) is 0 Å².